The monoisotopic (exact) mass is 407 g/mol. The van der Waals surface area contributed by atoms with E-state index in [9.17, 15) is 0 Å². The van der Waals surface area contributed by atoms with E-state index in [4.69, 9.17) is 10.7 Å². The van der Waals surface area contributed by atoms with E-state index in [0.717, 1.165) is 48.6 Å². The van der Waals surface area contributed by atoms with Gasteiger partial charge in [0.1, 0.15) is 5.65 Å². The van der Waals surface area contributed by atoms with Gasteiger partial charge in [-0.05, 0) is 37.5 Å². The lowest BCUT2D eigenvalue weighted by Gasteiger charge is -2.30. The Bertz CT molecular complexity index is 944. The predicted molar refractivity (Wildman–Crippen MR) is 123 cm³/mol. The second-order valence-electron chi connectivity index (χ2n) is 8.25. The van der Waals surface area contributed by atoms with Crippen molar-refractivity contribution in [2.45, 2.75) is 45.1 Å². The van der Waals surface area contributed by atoms with Crippen molar-refractivity contribution in [3.8, 4) is 0 Å². The Morgan fingerprint density at radius 1 is 1.23 bits per heavy atom. The van der Waals surface area contributed by atoms with Crippen LogP contribution < -0.4 is 16.4 Å². The van der Waals surface area contributed by atoms with Gasteiger partial charge in [-0.1, -0.05) is 25.8 Å². The van der Waals surface area contributed by atoms with Gasteiger partial charge in [0.05, 0.1) is 5.70 Å². The molecule has 2 aromatic heterocycles. The van der Waals surface area contributed by atoms with E-state index >= 15 is 0 Å². The molecule has 2 aromatic rings. The second-order valence-corrected chi connectivity index (χ2v) is 8.25. The molecule has 160 valence electrons. The highest BCUT2D eigenvalue weighted by Gasteiger charge is 2.19. The fourth-order valence-electron chi connectivity index (χ4n) is 4.45. The first-order valence-electron chi connectivity index (χ1n) is 11.0. The molecule has 2 fully saturated rings. The van der Waals surface area contributed by atoms with E-state index in [1.54, 1.807) is 6.20 Å². The zero-order valence-electron chi connectivity index (χ0n) is 17.9. The summed E-state index contributed by atoms with van der Waals surface area (Å²) in [4.78, 5) is 11.6. The van der Waals surface area contributed by atoms with Gasteiger partial charge in [0.15, 0.2) is 0 Å². The molecule has 0 amide bonds. The highest BCUT2D eigenvalue weighted by Crippen LogP contribution is 2.32. The number of nitrogens with two attached hydrogens (primary N) is 1. The number of rotatable bonds is 6. The summed E-state index contributed by atoms with van der Waals surface area (Å²) in [6.07, 6.45) is 16.1. The number of hydrogen-bond donors (Lipinski definition) is 3. The zero-order chi connectivity index (χ0) is 20.9. The number of aryl methyl sites for hydroxylation is 1. The number of allylic oxidation sites excluding steroid dienone is 2. The molecule has 3 heterocycles. The Balaban J connectivity index is 1.48. The van der Waals surface area contributed by atoms with E-state index in [-0.39, 0.29) is 0 Å². The SMILES string of the molecule is C=C(/C=C\C(=C/N)N1CCNCC1)Nc1ncc2c(C)cn(C3CCCCC3)c2n1. The second kappa shape index (κ2) is 9.34. The summed E-state index contributed by atoms with van der Waals surface area (Å²) < 4.78 is 2.36. The lowest BCUT2D eigenvalue weighted by atomic mass is 9.95. The Hall–Kier alpha value is -2.80. The van der Waals surface area contributed by atoms with Crippen molar-refractivity contribution in [1.29, 1.82) is 0 Å². The van der Waals surface area contributed by atoms with Crippen LogP contribution in [0.3, 0.4) is 0 Å². The lowest BCUT2D eigenvalue weighted by molar-refractivity contribution is 0.307. The van der Waals surface area contributed by atoms with Crippen molar-refractivity contribution in [2.75, 3.05) is 31.5 Å². The largest absolute Gasteiger partial charge is 0.403 e. The highest BCUT2D eigenvalue weighted by molar-refractivity contribution is 5.80. The molecule has 7 nitrogen and oxygen atoms in total. The Morgan fingerprint density at radius 2 is 2.00 bits per heavy atom. The normalized spacial score (nSPS) is 19.0. The summed E-state index contributed by atoms with van der Waals surface area (Å²) in [5.41, 5.74) is 9.81. The van der Waals surface area contributed by atoms with Gasteiger partial charge in [0, 0.05) is 61.9 Å². The summed E-state index contributed by atoms with van der Waals surface area (Å²) in [7, 11) is 0. The van der Waals surface area contributed by atoms with Crippen LogP contribution in [0, 0.1) is 6.92 Å². The molecule has 1 saturated heterocycles. The molecule has 4 rings (SSSR count). The molecule has 0 unspecified atom stereocenters. The molecule has 1 saturated carbocycles. The van der Waals surface area contributed by atoms with Crippen LogP contribution in [-0.4, -0.2) is 45.6 Å². The summed E-state index contributed by atoms with van der Waals surface area (Å²) in [5.74, 6) is 0.577. The van der Waals surface area contributed by atoms with E-state index in [0.29, 0.717) is 12.0 Å². The molecule has 4 N–H and O–H groups in total. The van der Waals surface area contributed by atoms with Gasteiger partial charge < -0.3 is 25.8 Å². The molecular weight excluding hydrogens is 374 g/mol. The fourth-order valence-corrected chi connectivity index (χ4v) is 4.45. The fraction of sp³-hybridized carbons (Fsp3) is 0.478. The molecular formula is C23H33N7. The maximum absolute atomic E-state index is 5.84. The predicted octanol–water partition coefficient (Wildman–Crippen LogP) is 3.43. The van der Waals surface area contributed by atoms with Crippen molar-refractivity contribution in [1.82, 2.24) is 24.8 Å². The number of piperazine rings is 1. The minimum absolute atomic E-state index is 0.539. The number of nitrogens with one attached hydrogen (secondary N) is 2. The molecule has 1 aliphatic heterocycles. The first-order valence-corrected chi connectivity index (χ1v) is 11.0. The third-order valence-electron chi connectivity index (χ3n) is 6.12. The van der Waals surface area contributed by atoms with Crippen LogP contribution in [0.5, 0.6) is 0 Å². The zero-order valence-corrected chi connectivity index (χ0v) is 17.9. The highest BCUT2D eigenvalue weighted by atomic mass is 15.2. The minimum atomic E-state index is 0.539. The lowest BCUT2D eigenvalue weighted by Crippen LogP contribution is -2.42. The molecule has 0 atom stereocenters. The van der Waals surface area contributed by atoms with Crippen LogP contribution in [0.15, 0.2) is 48.7 Å². The van der Waals surface area contributed by atoms with E-state index in [1.807, 2.05) is 18.3 Å². The van der Waals surface area contributed by atoms with E-state index in [2.05, 4.69) is 44.8 Å². The van der Waals surface area contributed by atoms with Gasteiger partial charge in [-0.2, -0.15) is 4.98 Å². The van der Waals surface area contributed by atoms with Gasteiger partial charge in [0.2, 0.25) is 5.95 Å². The average molecular weight is 408 g/mol. The molecule has 0 spiro atoms. The summed E-state index contributed by atoms with van der Waals surface area (Å²) in [6, 6.07) is 0.539. The molecule has 2 aliphatic rings. The summed E-state index contributed by atoms with van der Waals surface area (Å²) >= 11 is 0. The maximum atomic E-state index is 5.84. The number of hydrogen-bond acceptors (Lipinski definition) is 6. The standard InChI is InChI=1S/C23H33N7/c1-17-16-30(19-6-4-3-5-7-19)22-21(17)15-26-23(28-22)27-18(2)8-9-20(14-24)29-12-10-25-11-13-29/h8-9,14-16,19,25H,2-7,10-13,24H2,1H3,(H,26,27,28)/b9-8-,20-14+. The van der Waals surface area contributed by atoms with Crippen LogP contribution in [0.4, 0.5) is 5.95 Å². The summed E-state index contributed by atoms with van der Waals surface area (Å²) in [5, 5.41) is 7.72. The number of nitrogens with zero attached hydrogens (tertiary/aromatic N) is 4. The third-order valence-corrected chi connectivity index (χ3v) is 6.12. The Labute approximate surface area is 178 Å². The van der Waals surface area contributed by atoms with Crippen LogP contribution in [0.1, 0.15) is 43.7 Å². The van der Waals surface area contributed by atoms with Crippen LogP contribution in [0.2, 0.25) is 0 Å². The van der Waals surface area contributed by atoms with Crippen molar-refractivity contribution < 1.29 is 0 Å². The first kappa shape index (κ1) is 20.5. The molecule has 30 heavy (non-hydrogen) atoms. The number of fused-ring (bicyclic) bond motifs is 1. The van der Waals surface area contributed by atoms with Crippen molar-refractivity contribution in [2.24, 2.45) is 5.73 Å². The smallest absolute Gasteiger partial charge is 0.229 e. The molecule has 1 aliphatic carbocycles. The number of anilines is 1. The van der Waals surface area contributed by atoms with Gasteiger partial charge in [-0.25, -0.2) is 4.98 Å². The Kier molecular flexibility index (Phi) is 6.38. The van der Waals surface area contributed by atoms with Crippen LogP contribution in [0.25, 0.3) is 11.0 Å². The maximum Gasteiger partial charge on any atom is 0.229 e. The number of aromatic nitrogens is 3. The Morgan fingerprint density at radius 3 is 2.73 bits per heavy atom. The third kappa shape index (κ3) is 4.51. The minimum Gasteiger partial charge on any atom is -0.403 e. The van der Waals surface area contributed by atoms with E-state index < -0.39 is 0 Å². The van der Waals surface area contributed by atoms with Crippen molar-refractivity contribution >= 4 is 17.0 Å². The molecule has 7 heteroatoms. The van der Waals surface area contributed by atoms with Gasteiger partial charge in [-0.3, -0.25) is 0 Å². The van der Waals surface area contributed by atoms with Crippen molar-refractivity contribution in [3.05, 3.63) is 54.3 Å². The van der Waals surface area contributed by atoms with Gasteiger partial charge >= 0.3 is 0 Å². The average Bonchev–Trinajstić information content (AvgIpc) is 3.11. The van der Waals surface area contributed by atoms with Gasteiger partial charge in [0.25, 0.3) is 0 Å². The summed E-state index contributed by atoms with van der Waals surface area (Å²) in [6.45, 7) is 10.1. The quantitative estimate of drug-likeness (QED) is 0.636. The molecule has 0 aromatic carbocycles. The van der Waals surface area contributed by atoms with Crippen LogP contribution >= 0.6 is 0 Å². The van der Waals surface area contributed by atoms with E-state index in [1.165, 1.54) is 37.7 Å². The molecule has 0 bridgehead atoms. The molecule has 0 radical (unpaired) electrons. The first-order chi connectivity index (χ1) is 14.7. The van der Waals surface area contributed by atoms with Crippen molar-refractivity contribution in [3.63, 3.8) is 0 Å². The topological polar surface area (TPSA) is 84.0 Å². The van der Waals surface area contributed by atoms with Crippen LogP contribution in [-0.2, 0) is 0 Å². The van der Waals surface area contributed by atoms with Gasteiger partial charge in [-0.15, -0.1) is 0 Å².